The summed E-state index contributed by atoms with van der Waals surface area (Å²) in [7, 11) is 0. The van der Waals surface area contributed by atoms with E-state index < -0.39 is 11.9 Å². The SMILES string of the molecule is CC(C(=O)NC1CC1)N1CCN(c2cccc(C(F)(F)F)n2)CC1. The largest absolute Gasteiger partial charge is 0.433 e. The van der Waals surface area contributed by atoms with Gasteiger partial charge in [-0.3, -0.25) is 9.69 Å². The Morgan fingerprint density at radius 3 is 2.50 bits per heavy atom. The van der Waals surface area contributed by atoms with Gasteiger partial charge in [-0.05, 0) is 31.9 Å². The minimum absolute atomic E-state index is 0.0307. The molecule has 3 rings (SSSR count). The third-order valence-electron chi connectivity index (χ3n) is 4.51. The maximum Gasteiger partial charge on any atom is 0.433 e. The molecule has 8 heteroatoms. The summed E-state index contributed by atoms with van der Waals surface area (Å²) in [4.78, 5) is 19.7. The minimum atomic E-state index is -4.44. The molecule has 0 spiro atoms. The van der Waals surface area contributed by atoms with E-state index in [2.05, 4.69) is 15.2 Å². The van der Waals surface area contributed by atoms with E-state index in [9.17, 15) is 18.0 Å². The topological polar surface area (TPSA) is 48.5 Å². The van der Waals surface area contributed by atoms with Gasteiger partial charge in [0.05, 0.1) is 6.04 Å². The fourth-order valence-corrected chi connectivity index (χ4v) is 2.81. The van der Waals surface area contributed by atoms with Gasteiger partial charge in [-0.15, -0.1) is 0 Å². The number of alkyl halides is 3. The molecule has 1 amide bonds. The van der Waals surface area contributed by atoms with E-state index in [0.717, 1.165) is 18.9 Å². The van der Waals surface area contributed by atoms with E-state index in [0.29, 0.717) is 38.0 Å². The van der Waals surface area contributed by atoms with Gasteiger partial charge in [0.1, 0.15) is 11.5 Å². The zero-order chi connectivity index (χ0) is 17.3. The number of hydrogen-bond acceptors (Lipinski definition) is 4. The van der Waals surface area contributed by atoms with E-state index in [1.54, 1.807) is 6.07 Å². The van der Waals surface area contributed by atoms with Crippen LogP contribution >= 0.6 is 0 Å². The number of hydrogen-bond donors (Lipinski definition) is 1. The van der Waals surface area contributed by atoms with Gasteiger partial charge in [0.15, 0.2) is 0 Å². The first kappa shape index (κ1) is 17.0. The van der Waals surface area contributed by atoms with E-state index in [-0.39, 0.29) is 11.9 Å². The van der Waals surface area contributed by atoms with Crippen LogP contribution < -0.4 is 10.2 Å². The monoisotopic (exact) mass is 342 g/mol. The number of aromatic nitrogens is 1. The Balaban J connectivity index is 1.57. The van der Waals surface area contributed by atoms with Gasteiger partial charge in [0.25, 0.3) is 0 Å². The highest BCUT2D eigenvalue weighted by Crippen LogP contribution is 2.29. The molecule has 2 aliphatic rings. The predicted molar refractivity (Wildman–Crippen MR) is 83.7 cm³/mol. The van der Waals surface area contributed by atoms with Crippen LogP contribution in [0.3, 0.4) is 0 Å². The predicted octanol–water partition coefficient (Wildman–Crippen LogP) is 1.89. The van der Waals surface area contributed by atoms with Gasteiger partial charge in [-0.2, -0.15) is 13.2 Å². The maximum absolute atomic E-state index is 12.8. The molecular formula is C16H21F3N4O. The van der Waals surface area contributed by atoms with Crippen molar-refractivity contribution in [3.63, 3.8) is 0 Å². The number of piperazine rings is 1. The van der Waals surface area contributed by atoms with Crippen molar-refractivity contribution in [3.8, 4) is 0 Å². The second kappa shape index (κ2) is 6.58. The number of nitrogens with zero attached hydrogens (tertiary/aromatic N) is 3. The van der Waals surface area contributed by atoms with Crippen LogP contribution in [0.15, 0.2) is 18.2 Å². The first-order valence-electron chi connectivity index (χ1n) is 8.18. The third-order valence-corrected chi connectivity index (χ3v) is 4.51. The van der Waals surface area contributed by atoms with Crippen molar-refractivity contribution in [2.75, 3.05) is 31.1 Å². The van der Waals surface area contributed by atoms with Crippen molar-refractivity contribution < 1.29 is 18.0 Å². The molecule has 1 aromatic rings. The second-order valence-corrected chi connectivity index (χ2v) is 6.36. The Kier molecular flexibility index (Phi) is 4.67. The number of carbonyl (C=O) groups excluding carboxylic acids is 1. The van der Waals surface area contributed by atoms with E-state index in [1.165, 1.54) is 6.07 Å². The zero-order valence-corrected chi connectivity index (χ0v) is 13.5. The summed E-state index contributed by atoms with van der Waals surface area (Å²) in [5.74, 6) is 0.364. The van der Waals surface area contributed by atoms with Gasteiger partial charge in [-0.25, -0.2) is 4.98 Å². The van der Waals surface area contributed by atoms with Crippen LogP contribution in [0, 0.1) is 0 Å². The van der Waals surface area contributed by atoms with Crippen LogP contribution in [-0.2, 0) is 11.0 Å². The van der Waals surface area contributed by atoms with Crippen molar-refractivity contribution >= 4 is 11.7 Å². The normalized spacial score (nSPS) is 20.8. The summed E-state index contributed by atoms with van der Waals surface area (Å²) in [6.45, 7) is 4.22. The number of amides is 1. The highest BCUT2D eigenvalue weighted by atomic mass is 19.4. The van der Waals surface area contributed by atoms with E-state index in [4.69, 9.17) is 0 Å². The Morgan fingerprint density at radius 1 is 1.25 bits per heavy atom. The lowest BCUT2D eigenvalue weighted by molar-refractivity contribution is -0.141. The van der Waals surface area contributed by atoms with Gasteiger partial charge in [-0.1, -0.05) is 6.07 Å². The van der Waals surface area contributed by atoms with E-state index in [1.807, 2.05) is 11.8 Å². The van der Waals surface area contributed by atoms with Crippen LogP contribution in [0.25, 0.3) is 0 Å². The molecular weight excluding hydrogens is 321 g/mol. The highest BCUT2D eigenvalue weighted by Gasteiger charge is 2.34. The molecule has 132 valence electrons. The zero-order valence-electron chi connectivity index (χ0n) is 13.5. The quantitative estimate of drug-likeness (QED) is 0.908. The average molecular weight is 342 g/mol. The van der Waals surface area contributed by atoms with Gasteiger partial charge in [0, 0.05) is 32.2 Å². The molecule has 1 saturated heterocycles. The number of halogens is 3. The molecule has 1 atom stereocenters. The molecule has 0 radical (unpaired) electrons. The third kappa shape index (κ3) is 3.98. The fourth-order valence-electron chi connectivity index (χ4n) is 2.81. The Bertz CT molecular complexity index is 595. The van der Waals surface area contributed by atoms with Gasteiger partial charge >= 0.3 is 6.18 Å². The summed E-state index contributed by atoms with van der Waals surface area (Å²) in [6, 6.07) is 4.05. The van der Waals surface area contributed by atoms with Crippen molar-refractivity contribution in [3.05, 3.63) is 23.9 Å². The Morgan fingerprint density at radius 2 is 1.92 bits per heavy atom. The standard InChI is InChI=1S/C16H21F3N4O/c1-11(15(24)20-12-5-6-12)22-7-9-23(10-8-22)14-4-2-3-13(21-14)16(17,18)19/h2-4,11-12H,5-10H2,1H3,(H,20,24). The molecule has 1 N–H and O–H groups in total. The van der Waals surface area contributed by atoms with Crippen molar-refractivity contribution in [2.45, 2.75) is 38.0 Å². The lowest BCUT2D eigenvalue weighted by Crippen LogP contribution is -2.54. The summed E-state index contributed by atoms with van der Waals surface area (Å²) < 4.78 is 38.3. The number of rotatable bonds is 4. The molecule has 0 bridgehead atoms. The lowest BCUT2D eigenvalue weighted by atomic mass is 10.2. The van der Waals surface area contributed by atoms with Crippen LogP contribution in [0.1, 0.15) is 25.5 Å². The fraction of sp³-hybridized carbons (Fsp3) is 0.625. The summed E-state index contributed by atoms with van der Waals surface area (Å²) in [6.07, 6.45) is -2.34. The van der Waals surface area contributed by atoms with Crippen LogP contribution in [-0.4, -0.2) is 54.1 Å². The lowest BCUT2D eigenvalue weighted by Gasteiger charge is -2.38. The molecule has 1 aliphatic heterocycles. The summed E-state index contributed by atoms with van der Waals surface area (Å²) in [5.41, 5.74) is -0.875. The molecule has 1 unspecified atom stereocenters. The molecule has 1 saturated carbocycles. The van der Waals surface area contributed by atoms with Crippen molar-refractivity contribution in [1.82, 2.24) is 15.2 Å². The molecule has 1 aromatic heterocycles. The molecule has 2 heterocycles. The Labute approximate surface area is 138 Å². The van der Waals surface area contributed by atoms with Crippen LogP contribution in [0.5, 0.6) is 0 Å². The summed E-state index contributed by atoms with van der Waals surface area (Å²) >= 11 is 0. The highest BCUT2D eigenvalue weighted by molar-refractivity contribution is 5.81. The Hall–Kier alpha value is -1.83. The van der Waals surface area contributed by atoms with Gasteiger partial charge < -0.3 is 10.2 Å². The van der Waals surface area contributed by atoms with Crippen molar-refractivity contribution in [1.29, 1.82) is 0 Å². The first-order valence-corrected chi connectivity index (χ1v) is 8.18. The number of anilines is 1. The van der Waals surface area contributed by atoms with Crippen LogP contribution in [0.2, 0.25) is 0 Å². The van der Waals surface area contributed by atoms with E-state index >= 15 is 0 Å². The molecule has 0 aromatic carbocycles. The average Bonchev–Trinajstić information content (AvgIpc) is 3.37. The van der Waals surface area contributed by atoms with Gasteiger partial charge in [0.2, 0.25) is 5.91 Å². The molecule has 2 fully saturated rings. The summed E-state index contributed by atoms with van der Waals surface area (Å²) in [5, 5.41) is 2.99. The maximum atomic E-state index is 12.8. The molecule has 5 nitrogen and oxygen atoms in total. The molecule has 1 aliphatic carbocycles. The second-order valence-electron chi connectivity index (χ2n) is 6.36. The number of nitrogens with one attached hydrogen (secondary N) is 1. The first-order chi connectivity index (χ1) is 11.3. The number of carbonyl (C=O) groups is 1. The molecule has 24 heavy (non-hydrogen) atoms. The smallest absolute Gasteiger partial charge is 0.354 e. The number of pyridine rings is 1. The minimum Gasteiger partial charge on any atom is -0.354 e. The van der Waals surface area contributed by atoms with Crippen molar-refractivity contribution in [2.24, 2.45) is 0 Å². The van der Waals surface area contributed by atoms with Crippen LogP contribution in [0.4, 0.5) is 19.0 Å².